The van der Waals surface area contributed by atoms with Gasteiger partial charge in [0.15, 0.2) is 0 Å². The lowest BCUT2D eigenvalue weighted by Crippen LogP contribution is -2.30. The zero-order valence-corrected chi connectivity index (χ0v) is 10.4. The van der Waals surface area contributed by atoms with Crippen molar-refractivity contribution in [3.63, 3.8) is 0 Å². The number of hydrazine groups is 1. The van der Waals surface area contributed by atoms with Gasteiger partial charge >= 0.3 is 6.18 Å². The molecule has 4 nitrogen and oxygen atoms in total. The van der Waals surface area contributed by atoms with E-state index in [9.17, 15) is 17.6 Å². The molecule has 1 heterocycles. The quantitative estimate of drug-likeness (QED) is 0.517. The lowest BCUT2D eigenvalue weighted by Gasteiger charge is -2.20. The van der Waals surface area contributed by atoms with Gasteiger partial charge in [-0.25, -0.2) is 9.82 Å². The number of alkyl halides is 3. The molecule has 0 aliphatic heterocycles. The smallest absolute Gasteiger partial charge is 0.275 e. The zero-order valence-electron chi connectivity index (χ0n) is 10.4. The molecule has 0 aliphatic rings. The van der Waals surface area contributed by atoms with Crippen LogP contribution in [0.15, 0.2) is 30.6 Å². The summed E-state index contributed by atoms with van der Waals surface area (Å²) in [5.41, 5.74) is 1.45. The third-order valence-electron chi connectivity index (χ3n) is 2.85. The van der Waals surface area contributed by atoms with Gasteiger partial charge in [0, 0.05) is 18.8 Å². The van der Waals surface area contributed by atoms with E-state index >= 15 is 0 Å². The molecule has 0 radical (unpaired) electrons. The minimum absolute atomic E-state index is 0.284. The average Bonchev–Trinajstić information content (AvgIpc) is 2.75. The SMILES string of the molecule is Cn1cc(C(NN)c2cc(F)ccc2C(F)(F)F)cn1. The van der Waals surface area contributed by atoms with Gasteiger partial charge in [-0.15, -0.1) is 0 Å². The Morgan fingerprint density at radius 1 is 1.35 bits per heavy atom. The molecule has 8 heteroatoms. The topological polar surface area (TPSA) is 55.9 Å². The van der Waals surface area contributed by atoms with Crippen LogP contribution < -0.4 is 11.3 Å². The molecule has 0 aliphatic carbocycles. The highest BCUT2D eigenvalue weighted by atomic mass is 19.4. The van der Waals surface area contributed by atoms with E-state index in [2.05, 4.69) is 10.5 Å². The van der Waals surface area contributed by atoms with Gasteiger partial charge in [-0.1, -0.05) is 0 Å². The first-order chi connectivity index (χ1) is 9.32. The van der Waals surface area contributed by atoms with E-state index in [1.54, 1.807) is 7.05 Å². The van der Waals surface area contributed by atoms with Gasteiger partial charge in [0.2, 0.25) is 0 Å². The van der Waals surface area contributed by atoms with Gasteiger partial charge in [-0.05, 0) is 23.8 Å². The van der Waals surface area contributed by atoms with Crippen LogP contribution in [0.2, 0.25) is 0 Å². The van der Waals surface area contributed by atoms with E-state index < -0.39 is 23.6 Å². The highest BCUT2D eigenvalue weighted by Gasteiger charge is 2.35. The third-order valence-corrected chi connectivity index (χ3v) is 2.85. The first-order valence-corrected chi connectivity index (χ1v) is 5.64. The maximum atomic E-state index is 13.3. The Hall–Kier alpha value is -1.93. The van der Waals surface area contributed by atoms with Crippen LogP contribution in [0.1, 0.15) is 22.7 Å². The largest absolute Gasteiger partial charge is 0.416 e. The van der Waals surface area contributed by atoms with Crippen molar-refractivity contribution >= 4 is 0 Å². The first-order valence-electron chi connectivity index (χ1n) is 5.64. The van der Waals surface area contributed by atoms with E-state index in [4.69, 9.17) is 5.84 Å². The lowest BCUT2D eigenvalue weighted by molar-refractivity contribution is -0.138. The van der Waals surface area contributed by atoms with Gasteiger partial charge in [0.25, 0.3) is 0 Å². The number of aromatic nitrogens is 2. The predicted octanol–water partition coefficient (Wildman–Crippen LogP) is 2.13. The van der Waals surface area contributed by atoms with Crippen molar-refractivity contribution in [2.24, 2.45) is 12.9 Å². The standard InChI is InChI=1S/C12H12F4N4/c1-20-6-7(5-18-20)11(19-17)9-4-8(13)2-3-10(9)12(14,15)16/h2-6,11,19H,17H2,1H3. The Bertz CT molecular complexity index is 606. The molecule has 0 bridgehead atoms. The van der Waals surface area contributed by atoms with E-state index in [0.717, 1.165) is 12.1 Å². The summed E-state index contributed by atoms with van der Waals surface area (Å²) in [6.07, 6.45) is -1.72. The fourth-order valence-electron chi connectivity index (χ4n) is 1.99. The van der Waals surface area contributed by atoms with Crippen molar-refractivity contribution in [1.29, 1.82) is 0 Å². The number of aryl methyl sites for hydroxylation is 1. The van der Waals surface area contributed by atoms with Crippen molar-refractivity contribution in [3.8, 4) is 0 Å². The van der Waals surface area contributed by atoms with E-state index in [1.165, 1.54) is 17.1 Å². The Balaban J connectivity index is 2.56. The second-order valence-corrected chi connectivity index (χ2v) is 4.28. The lowest BCUT2D eigenvalue weighted by atomic mass is 9.96. The molecule has 0 saturated carbocycles. The summed E-state index contributed by atoms with van der Waals surface area (Å²) in [4.78, 5) is 0. The van der Waals surface area contributed by atoms with Crippen molar-refractivity contribution in [1.82, 2.24) is 15.2 Å². The number of benzene rings is 1. The highest BCUT2D eigenvalue weighted by molar-refractivity contribution is 5.38. The number of hydrogen-bond donors (Lipinski definition) is 2. The van der Waals surface area contributed by atoms with Gasteiger partial charge in [-0.2, -0.15) is 18.3 Å². The van der Waals surface area contributed by atoms with E-state index in [1.807, 2.05) is 0 Å². The second kappa shape index (κ2) is 5.22. The zero-order chi connectivity index (χ0) is 14.9. The Kier molecular flexibility index (Phi) is 3.78. The molecule has 108 valence electrons. The van der Waals surface area contributed by atoms with Gasteiger partial charge in [-0.3, -0.25) is 10.5 Å². The molecule has 0 spiro atoms. The van der Waals surface area contributed by atoms with Crippen LogP contribution in [0.25, 0.3) is 0 Å². The van der Waals surface area contributed by atoms with Crippen LogP contribution in [-0.4, -0.2) is 9.78 Å². The van der Waals surface area contributed by atoms with Gasteiger partial charge < -0.3 is 0 Å². The Morgan fingerprint density at radius 2 is 2.05 bits per heavy atom. The third kappa shape index (κ3) is 2.81. The highest BCUT2D eigenvalue weighted by Crippen LogP contribution is 2.36. The summed E-state index contributed by atoms with van der Waals surface area (Å²) in [7, 11) is 1.62. The fourth-order valence-corrected chi connectivity index (χ4v) is 1.99. The van der Waals surface area contributed by atoms with Crippen LogP contribution in [0, 0.1) is 5.82 Å². The summed E-state index contributed by atoms with van der Waals surface area (Å²) < 4.78 is 53.7. The summed E-state index contributed by atoms with van der Waals surface area (Å²) in [5, 5.41) is 3.87. The Labute approximate surface area is 112 Å². The molecule has 0 saturated heterocycles. The van der Waals surface area contributed by atoms with Crippen LogP contribution in [0.3, 0.4) is 0 Å². The summed E-state index contributed by atoms with van der Waals surface area (Å²) in [6.45, 7) is 0. The molecule has 1 atom stereocenters. The molecular weight excluding hydrogens is 276 g/mol. The molecule has 1 aromatic carbocycles. The molecule has 2 aromatic rings. The molecular formula is C12H12F4N4. The number of hydrogen-bond acceptors (Lipinski definition) is 3. The maximum absolute atomic E-state index is 13.3. The van der Waals surface area contributed by atoms with Crippen molar-refractivity contribution in [2.45, 2.75) is 12.2 Å². The number of rotatable bonds is 3. The van der Waals surface area contributed by atoms with Crippen LogP contribution in [0.5, 0.6) is 0 Å². The minimum atomic E-state index is -4.60. The van der Waals surface area contributed by atoms with Gasteiger partial charge in [0.05, 0.1) is 17.8 Å². The van der Waals surface area contributed by atoms with Crippen LogP contribution in [-0.2, 0) is 13.2 Å². The molecule has 3 N–H and O–H groups in total. The van der Waals surface area contributed by atoms with Crippen molar-refractivity contribution in [2.75, 3.05) is 0 Å². The monoisotopic (exact) mass is 288 g/mol. The molecule has 2 rings (SSSR count). The number of nitrogens with two attached hydrogens (primary N) is 1. The molecule has 20 heavy (non-hydrogen) atoms. The number of halogens is 4. The summed E-state index contributed by atoms with van der Waals surface area (Å²) in [5.74, 6) is 4.56. The maximum Gasteiger partial charge on any atom is 0.416 e. The van der Waals surface area contributed by atoms with Crippen molar-refractivity contribution < 1.29 is 17.6 Å². The van der Waals surface area contributed by atoms with Gasteiger partial charge in [0.1, 0.15) is 5.82 Å². The Morgan fingerprint density at radius 3 is 2.55 bits per heavy atom. The molecule has 0 fully saturated rings. The van der Waals surface area contributed by atoms with Crippen molar-refractivity contribution in [3.05, 3.63) is 53.1 Å². The summed E-state index contributed by atoms with van der Waals surface area (Å²) in [6, 6.07) is 1.28. The second-order valence-electron chi connectivity index (χ2n) is 4.28. The number of nitrogens with zero attached hydrogens (tertiary/aromatic N) is 2. The molecule has 1 unspecified atom stereocenters. The fraction of sp³-hybridized carbons (Fsp3) is 0.250. The minimum Gasteiger partial charge on any atom is -0.275 e. The van der Waals surface area contributed by atoms with E-state index in [-0.39, 0.29) is 5.56 Å². The normalized spacial score (nSPS) is 13.5. The number of nitrogens with one attached hydrogen (secondary N) is 1. The predicted molar refractivity (Wildman–Crippen MR) is 63.8 cm³/mol. The molecule has 0 amide bonds. The first kappa shape index (κ1) is 14.5. The van der Waals surface area contributed by atoms with Crippen LogP contribution in [0.4, 0.5) is 17.6 Å². The van der Waals surface area contributed by atoms with Crippen LogP contribution >= 0.6 is 0 Å². The average molecular weight is 288 g/mol. The summed E-state index contributed by atoms with van der Waals surface area (Å²) >= 11 is 0. The van der Waals surface area contributed by atoms with E-state index in [0.29, 0.717) is 11.6 Å². The molecule has 1 aromatic heterocycles.